The van der Waals surface area contributed by atoms with Crippen LogP contribution in [-0.4, -0.2) is 54.0 Å². The third kappa shape index (κ3) is 5.45. The monoisotopic (exact) mass is 440 g/mol. The molecule has 0 aliphatic heterocycles. The van der Waals surface area contributed by atoms with Gasteiger partial charge in [-0.1, -0.05) is 61.9 Å². The Kier molecular flexibility index (Phi) is 7.83. The summed E-state index contributed by atoms with van der Waals surface area (Å²) in [4.78, 5) is 35.3. The van der Waals surface area contributed by atoms with E-state index in [0.29, 0.717) is 6.42 Å². The van der Waals surface area contributed by atoms with Gasteiger partial charge in [0, 0.05) is 18.9 Å². The number of nitrogens with one attached hydrogen (secondary N) is 2. The number of hydrogen-bond donors (Lipinski definition) is 4. The van der Waals surface area contributed by atoms with Gasteiger partial charge in [-0.3, -0.25) is 4.79 Å². The molecule has 0 fully saturated rings. The molecule has 0 saturated carbocycles. The summed E-state index contributed by atoms with van der Waals surface area (Å²) in [6, 6.07) is 14.8. The fraction of sp³-hybridized carbons (Fsp3) is 0.375. The molecule has 4 N–H and O–H groups in total. The molecular formula is C24H28N2O6. The molecule has 0 saturated heterocycles. The number of ether oxygens (including phenoxy) is 1. The largest absolute Gasteiger partial charge is 0.480 e. The number of carboxylic acids is 1. The van der Waals surface area contributed by atoms with Crippen LogP contribution in [0.1, 0.15) is 36.8 Å². The minimum absolute atomic E-state index is 0.0317. The summed E-state index contributed by atoms with van der Waals surface area (Å²) in [5.74, 6) is -2.02. The molecule has 8 nitrogen and oxygen atoms in total. The Balaban J connectivity index is 1.51. The van der Waals surface area contributed by atoms with Crippen molar-refractivity contribution in [3.63, 3.8) is 0 Å². The first-order chi connectivity index (χ1) is 15.4. The third-order valence-electron chi connectivity index (χ3n) is 5.75. The number of fused-ring (bicyclic) bond motifs is 3. The van der Waals surface area contributed by atoms with E-state index in [2.05, 4.69) is 22.8 Å². The van der Waals surface area contributed by atoms with Crippen LogP contribution < -0.4 is 10.6 Å². The van der Waals surface area contributed by atoms with E-state index in [1.165, 1.54) is 0 Å². The Hall–Kier alpha value is -3.39. The van der Waals surface area contributed by atoms with Gasteiger partial charge in [0.15, 0.2) is 0 Å². The number of benzene rings is 2. The van der Waals surface area contributed by atoms with Gasteiger partial charge in [-0.05, 0) is 28.2 Å². The highest BCUT2D eigenvalue weighted by Gasteiger charge is 2.29. The number of aliphatic hydroxyl groups is 1. The highest BCUT2D eigenvalue weighted by atomic mass is 16.5. The van der Waals surface area contributed by atoms with Gasteiger partial charge in [0.25, 0.3) is 0 Å². The number of aliphatic carboxylic acids is 1. The van der Waals surface area contributed by atoms with Crippen molar-refractivity contribution in [1.29, 1.82) is 0 Å². The summed E-state index contributed by atoms with van der Waals surface area (Å²) < 4.78 is 5.49. The molecule has 170 valence electrons. The van der Waals surface area contributed by atoms with Crippen molar-refractivity contribution >= 4 is 18.0 Å². The van der Waals surface area contributed by atoms with Crippen LogP contribution in [0.15, 0.2) is 48.5 Å². The quantitative estimate of drug-likeness (QED) is 0.450. The third-order valence-corrected chi connectivity index (χ3v) is 5.75. The Morgan fingerprint density at radius 3 is 2.16 bits per heavy atom. The predicted molar refractivity (Wildman–Crippen MR) is 118 cm³/mol. The van der Waals surface area contributed by atoms with Crippen LogP contribution in [0.2, 0.25) is 0 Å². The number of aliphatic hydroxyl groups excluding tert-OH is 1. The predicted octanol–water partition coefficient (Wildman–Crippen LogP) is 2.50. The van der Waals surface area contributed by atoms with Crippen LogP contribution in [0, 0.1) is 5.92 Å². The first kappa shape index (κ1) is 23.3. The van der Waals surface area contributed by atoms with Gasteiger partial charge in [0.2, 0.25) is 5.91 Å². The smallest absolute Gasteiger partial charge is 0.407 e. The minimum Gasteiger partial charge on any atom is -0.480 e. The van der Waals surface area contributed by atoms with Crippen LogP contribution in [0.25, 0.3) is 11.1 Å². The van der Waals surface area contributed by atoms with Crippen molar-refractivity contribution in [2.75, 3.05) is 19.8 Å². The average molecular weight is 440 g/mol. The lowest BCUT2D eigenvalue weighted by Crippen LogP contribution is -2.44. The average Bonchev–Trinajstić information content (AvgIpc) is 3.12. The van der Waals surface area contributed by atoms with E-state index in [-0.39, 0.29) is 31.4 Å². The molecule has 2 unspecified atom stereocenters. The first-order valence-electron chi connectivity index (χ1n) is 10.7. The van der Waals surface area contributed by atoms with Gasteiger partial charge in [-0.2, -0.15) is 0 Å². The van der Waals surface area contributed by atoms with Crippen molar-refractivity contribution in [3.05, 3.63) is 59.7 Å². The molecule has 2 aromatic carbocycles. The zero-order chi connectivity index (χ0) is 23.1. The summed E-state index contributed by atoms with van der Waals surface area (Å²) in [6.45, 7) is 1.61. The van der Waals surface area contributed by atoms with Gasteiger partial charge >= 0.3 is 12.1 Å². The molecule has 0 radical (unpaired) electrons. The van der Waals surface area contributed by atoms with E-state index < -0.39 is 30.6 Å². The van der Waals surface area contributed by atoms with E-state index in [1.807, 2.05) is 43.3 Å². The summed E-state index contributed by atoms with van der Waals surface area (Å²) in [5.41, 5.74) is 4.55. The molecule has 0 heterocycles. The zero-order valence-electron chi connectivity index (χ0n) is 17.9. The lowest BCUT2D eigenvalue weighted by atomic mass is 9.98. The Morgan fingerprint density at radius 1 is 1.03 bits per heavy atom. The Labute approximate surface area is 186 Å². The highest BCUT2D eigenvalue weighted by Crippen LogP contribution is 2.44. The van der Waals surface area contributed by atoms with E-state index in [9.17, 15) is 14.4 Å². The summed E-state index contributed by atoms with van der Waals surface area (Å²) in [6.07, 6.45) is 0.0715. The maximum absolute atomic E-state index is 12.3. The van der Waals surface area contributed by atoms with E-state index in [1.54, 1.807) is 0 Å². The molecule has 2 amide bonds. The van der Waals surface area contributed by atoms with Crippen LogP contribution in [-0.2, 0) is 14.3 Å². The number of carboxylic acid groups (broad SMARTS) is 1. The number of hydrogen-bond acceptors (Lipinski definition) is 5. The fourth-order valence-corrected chi connectivity index (χ4v) is 3.94. The van der Waals surface area contributed by atoms with Gasteiger partial charge in [0.1, 0.15) is 12.6 Å². The van der Waals surface area contributed by atoms with Crippen LogP contribution in [0.4, 0.5) is 4.79 Å². The van der Waals surface area contributed by atoms with Crippen LogP contribution in [0.3, 0.4) is 0 Å². The molecule has 1 aliphatic carbocycles. The lowest BCUT2D eigenvalue weighted by molar-refractivity contribution is -0.143. The number of amides is 2. The summed E-state index contributed by atoms with van der Waals surface area (Å²) in [7, 11) is 0. The van der Waals surface area contributed by atoms with E-state index >= 15 is 0 Å². The summed E-state index contributed by atoms with van der Waals surface area (Å²) >= 11 is 0. The molecule has 2 aromatic rings. The maximum Gasteiger partial charge on any atom is 0.407 e. The number of carbonyl (C=O) groups excluding carboxylic acids is 2. The molecule has 0 aromatic heterocycles. The van der Waals surface area contributed by atoms with Crippen molar-refractivity contribution in [1.82, 2.24) is 10.6 Å². The molecule has 1 aliphatic rings. The standard InChI is InChI=1S/C24H28N2O6/c1-2-15(11-22(28)26-21(13-27)23(29)30)12-25-24(31)32-14-20-18-9-5-3-7-16(18)17-8-4-6-10-19(17)20/h3-10,15,20-21,27H,2,11-14H2,1H3,(H,25,31)(H,26,28)(H,29,30). The first-order valence-corrected chi connectivity index (χ1v) is 10.7. The van der Waals surface area contributed by atoms with Crippen molar-refractivity contribution in [3.8, 4) is 11.1 Å². The van der Waals surface area contributed by atoms with Crippen LogP contribution >= 0.6 is 0 Å². The Bertz CT molecular complexity index is 931. The van der Waals surface area contributed by atoms with Gasteiger partial charge in [0.05, 0.1) is 6.61 Å². The van der Waals surface area contributed by atoms with Crippen LogP contribution in [0.5, 0.6) is 0 Å². The van der Waals surface area contributed by atoms with Crippen molar-refractivity contribution < 1.29 is 29.3 Å². The summed E-state index contributed by atoms with van der Waals surface area (Å²) in [5, 5.41) is 22.9. The molecule has 8 heteroatoms. The number of rotatable bonds is 10. The second-order valence-electron chi connectivity index (χ2n) is 7.83. The molecule has 0 spiro atoms. The van der Waals surface area contributed by atoms with Gasteiger partial charge in [-0.25, -0.2) is 9.59 Å². The van der Waals surface area contributed by atoms with E-state index in [0.717, 1.165) is 22.3 Å². The second-order valence-corrected chi connectivity index (χ2v) is 7.83. The second kappa shape index (κ2) is 10.8. The molecule has 32 heavy (non-hydrogen) atoms. The topological polar surface area (TPSA) is 125 Å². The van der Waals surface area contributed by atoms with Crippen molar-refractivity contribution in [2.45, 2.75) is 31.7 Å². The van der Waals surface area contributed by atoms with E-state index in [4.69, 9.17) is 14.9 Å². The van der Waals surface area contributed by atoms with Crippen molar-refractivity contribution in [2.24, 2.45) is 5.92 Å². The Morgan fingerprint density at radius 2 is 1.62 bits per heavy atom. The van der Waals surface area contributed by atoms with Gasteiger partial charge in [-0.15, -0.1) is 0 Å². The maximum atomic E-state index is 12.3. The molecular weight excluding hydrogens is 412 g/mol. The van der Waals surface area contributed by atoms with Gasteiger partial charge < -0.3 is 25.6 Å². The molecule has 0 bridgehead atoms. The lowest BCUT2D eigenvalue weighted by Gasteiger charge is -2.18. The fourth-order valence-electron chi connectivity index (χ4n) is 3.94. The SMILES string of the molecule is CCC(CNC(=O)OCC1c2ccccc2-c2ccccc21)CC(=O)NC(CO)C(=O)O. The normalized spacial score (nSPS) is 14.1. The molecule has 2 atom stereocenters. The minimum atomic E-state index is -1.34. The number of alkyl carbamates (subject to hydrolysis) is 1. The zero-order valence-corrected chi connectivity index (χ0v) is 17.9. The number of carbonyl (C=O) groups is 3. The molecule has 3 rings (SSSR count). The highest BCUT2D eigenvalue weighted by molar-refractivity contribution is 5.83.